The van der Waals surface area contributed by atoms with Crippen LogP contribution in [0.5, 0.6) is 0 Å². The van der Waals surface area contributed by atoms with Gasteiger partial charge in [0, 0.05) is 43.2 Å². The molecule has 0 aliphatic carbocycles. The van der Waals surface area contributed by atoms with Crippen LogP contribution in [0.15, 0.2) is 63.0 Å². The van der Waals surface area contributed by atoms with E-state index in [1.54, 1.807) is 52.8 Å². The van der Waals surface area contributed by atoms with Crippen LogP contribution in [-0.4, -0.2) is 52.0 Å². The van der Waals surface area contributed by atoms with Gasteiger partial charge in [0.25, 0.3) is 5.91 Å². The Morgan fingerprint density at radius 3 is 2.65 bits per heavy atom. The van der Waals surface area contributed by atoms with E-state index >= 15 is 0 Å². The molecule has 5 rings (SSSR count). The number of halogens is 1. The second-order valence-electron chi connectivity index (χ2n) is 7.26. The summed E-state index contributed by atoms with van der Waals surface area (Å²) in [7, 11) is 0. The lowest BCUT2D eigenvalue weighted by molar-refractivity contribution is 0.0618. The third-order valence-corrected chi connectivity index (χ3v) is 6.04. The first kappa shape index (κ1) is 19.7. The molecule has 31 heavy (non-hydrogen) atoms. The largest absolute Gasteiger partial charge is 0.461 e. The topological polar surface area (TPSA) is 75.6 Å². The number of hydrogen-bond acceptors (Lipinski definition) is 7. The average Bonchev–Trinajstić information content (AvgIpc) is 3.55. The van der Waals surface area contributed by atoms with Gasteiger partial charge in [0.05, 0.1) is 18.5 Å². The number of furan rings is 1. The molecule has 0 spiro atoms. The summed E-state index contributed by atoms with van der Waals surface area (Å²) in [4.78, 5) is 21.5. The number of aromatic nitrogens is 2. The molecule has 1 fully saturated rings. The van der Waals surface area contributed by atoms with Crippen molar-refractivity contribution in [1.29, 1.82) is 0 Å². The third-order valence-electron chi connectivity index (χ3n) is 5.20. The summed E-state index contributed by atoms with van der Waals surface area (Å²) < 4.78 is 23.6. The molecule has 1 aromatic carbocycles. The zero-order valence-electron chi connectivity index (χ0n) is 16.5. The highest BCUT2D eigenvalue weighted by Gasteiger charge is 2.25. The molecule has 0 saturated carbocycles. The van der Waals surface area contributed by atoms with Crippen LogP contribution in [0.3, 0.4) is 0 Å². The maximum absolute atomic E-state index is 13.1. The van der Waals surface area contributed by atoms with Gasteiger partial charge in [0.1, 0.15) is 10.8 Å². The van der Waals surface area contributed by atoms with Gasteiger partial charge in [-0.1, -0.05) is 5.16 Å². The number of hydrogen-bond donors (Lipinski definition) is 0. The van der Waals surface area contributed by atoms with E-state index in [1.807, 2.05) is 5.38 Å². The lowest BCUT2D eigenvalue weighted by Crippen LogP contribution is -2.48. The maximum atomic E-state index is 13.1. The van der Waals surface area contributed by atoms with Gasteiger partial charge in [-0.2, -0.15) is 0 Å². The van der Waals surface area contributed by atoms with Crippen LogP contribution in [0.1, 0.15) is 15.5 Å². The van der Waals surface area contributed by atoms with Crippen molar-refractivity contribution in [3.8, 4) is 22.8 Å². The summed E-state index contributed by atoms with van der Waals surface area (Å²) in [6.45, 7) is 3.44. The van der Waals surface area contributed by atoms with Crippen LogP contribution in [0.2, 0.25) is 0 Å². The van der Waals surface area contributed by atoms with E-state index in [4.69, 9.17) is 8.94 Å². The minimum atomic E-state index is -0.255. The number of rotatable bonds is 5. The fourth-order valence-corrected chi connectivity index (χ4v) is 4.35. The molecule has 3 aromatic heterocycles. The molecule has 1 aliphatic heterocycles. The normalized spacial score (nSPS) is 14.8. The number of thiazole rings is 1. The summed E-state index contributed by atoms with van der Waals surface area (Å²) in [6, 6.07) is 11.5. The van der Waals surface area contributed by atoms with Gasteiger partial charge >= 0.3 is 0 Å². The quantitative estimate of drug-likeness (QED) is 0.466. The van der Waals surface area contributed by atoms with E-state index in [-0.39, 0.29) is 17.4 Å². The lowest BCUT2D eigenvalue weighted by Gasteiger charge is -2.33. The van der Waals surface area contributed by atoms with Crippen LogP contribution in [0, 0.1) is 5.82 Å². The Hall–Kier alpha value is -3.30. The van der Waals surface area contributed by atoms with Gasteiger partial charge < -0.3 is 13.8 Å². The highest BCUT2D eigenvalue weighted by Crippen LogP contribution is 2.24. The van der Waals surface area contributed by atoms with E-state index in [9.17, 15) is 9.18 Å². The van der Waals surface area contributed by atoms with Crippen molar-refractivity contribution < 1.29 is 18.1 Å². The minimum Gasteiger partial charge on any atom is -0.461 e. The van der Waals surface area contributed by atoms with Crippen molar-refractivity contribution >= 4 is 17.2 Å². The van der Waals surface area contributed by atoms with Gasteiger partial charge in [-0.3, -0.25) is 9.69 Å². The van der Waals surface area contributed by atoms with Gasteiger partial charge in [0.2, 0.25) is 5.76 Å². The molecule has 0 radical (unpaired) electrons. The number of piperazine rings is 1. The van der Waals surface area contributed by atoms with Gasteiger partial charge in [-0.15, -0.1) is 11.3 Å². The van der Waals surface area contributed by atoms with E-state index in [0.717, 1.165) is 35.9 Å². The summed E-state index contributed by atoms with van der Waals surface area (Å²) >= 11 is 1.59. The van der Waals surface area contributed by atoms with Crippen molar-refractivity contribution in [3.05, 3.63) is 70.6 Å². The molecule has 4 aromatic rings. The molecule has 158 valence electrons. The van der Waals surface area contributed by atoms with Gasteiger partial charge in [-0.25, -0.2) is 9.37 Å². The fraction of sp³-hybridized carbons (Fsp3) is 0.227. The lowest BCUT2D eigenvalue weighted by atomic mass is 10.2. The van der Waals surface area contributed by atoms with Crippen molar-refractivity contribution in [2.75, 3.05) is 26.2 Å². The van der Waals surface area contributed by atoms with Crippen molar-refractivity contribution in [3.63, 3.8) is 0 Å². The first-order chi connectivity index (χ1) is 15.2. The maximum Gasteiger partial charge on any atom is 0.276 e. The van der Waals surface area contributed by atoms with E-state index in [1.165, 1.54) is 12.1 Å². The van der Waals surface area contributed by atoms with Crippen LogP contribution in [-0.2, 0) is 6.54 Å². The Balaban J connectivity index is 1.16. The number of carbonyl (C=O) groups excluding carboxylic acids is 1. The summed E-state index contributed by atoms with van der Waals surface area (Å²) in [5.74, 6) is 0.580. The summed E-state index contributed by atoms with van der Waals surface area (Å²) in [5, 5.41) is 6.89. The number of nitrogens with zero attached hydrogens (tertiary/aromatic N) is 4. The molecule has 0 bridgehead atoms. The average molecular weight is 438 g/mol. The molecule has 1 saturated heterocycles. The van der Waals surface area contributed by atoms with Crippen LogP contribution >= 0.6 is 11.3 Å². The Bertz CT molecular complexity index is 1160. The Morgan fingerprint density at radius 2 is 1.90 bits per heavy atom. The second-order valence-corrected chi connectivity index (χ2v) is 8.20. The predicted octanol–water partition coefficient (Wildman–Crippen LogP) is 4.16. The zero-order valence-corrected chi connectivity index (χ0v) is 17.3. The molecule has 1 aliphatic rings. The first-order valence-electron chi connectivity index (χ1n) is 9.88. The van der Waals surface area contributed by atoms with E-state index < -0.39 is 0 Å². The Kier molecular flexibility index (Phi) is 5.35. The third kappa shape index (κ3) is 4.28. The van der Waals surface area contributed by atoms with Gasteiger partial charge in [0.15, 0.2) is 11.5 Å². The molecular weight excluding hydrogens is 419 g/mol. The van der Waals surface area contributed by atoms with Crippen LogP contribution in [0.4, 0.5) is 4.39 Å². The van der Waals surface area contributed by atoms with Crippen molar-refractivity contribution in [2.24, 2.45) is 0 Å². The predicted molar refractivity (Wildman–Crippen MR) is 113 cm³/mol. The van der Waals surface area contributed by atoms with Crippen molar-refractivity contribution in [2.45, 2.75) is 6.54 Å². The van der Waals surface area contributed by atoms with Crippen molar-refractivity contribution in [1.82, 2.24) is 19.9 Å². The second kappa shape index (κ2) is 8.44. The molecule has 0 N–H and O–H groups in total. The molecule has 0 unspecified atom stereocenters. The van der Waals surface area contributed by atoms with Crippen LogP contribution in [0.25, 0.3) is 22.8 Å². The molecule has 7 nitrogen and oxygen atoms in total. The number of carbonyl (C=O) groups is 1. The smallest absolute Gasteiger partial charge is 0.276 e. The van der Waals surface area contributed by atoms with Crippen LogP contribution < -0.4 is 0 Å². The standard InChI is InChI=1S/C22H19FN4O3S/c23-16-5-3-15(4-6-16)18-14-31-21(24-18)13-26-7-9-27(10-8-26)22(28)17-12-20(30-25-17)19-2-1-11-29-19/h1-6,11-12,14H,7-10,13H2. The van der Waals surface area contributed by atoms with E-state index in [0.29, 0.717) is 24.6 Å². The molecule has 0 atom stereocenters. The highest BCUT2D eigenvalue weighted by molar-refractivity contribution is 7.09. The summed E-state index contributed by atoms with van der Waals surface area (Å²) in [6.07, 6.45) is 1.55. The van der Waals surface area contributed by atoms with Gasteiger partial charge in [-0.05, 0) is 36.4 Å². The fourth-order valence-electron chi connectivity index (χ4n) is 3.51. The Morgan fingerprint density at radius 1 is 1.10 bits per heavy atom. The van der Waals surface area contributed by atoms with E-state index in [2.05, 4.69) is 15.0 Å². The molecular formula is C22H19FN4O3S. The molecule has 1 amide bonds. The number of benzene rings is 1. The molecule has 9 heteroatoms. The number of amides is 1. The zero-order chi connectivity index (χ0) is 21.2. The minimum absolute atomic E-state index is 0.144. The SMILES string of the molecule is O=C(c1cc(-c2ccco2)on1)N1CCN(Cc2nc(-c3ccc(F)cc3)cs2)CC1. The first-order valence-corrected chi connectivity index (χ1v) is 10.8. The monoisotopic (exact) mass is 438 g/mol. The highest BCUT2D eigenvalue weighted by atomic mass is 32.1. The summed E-state index contributed by atoms with van der Waals surface area (Å²) in [5.41, 5.74) is 2.04. The molecule has 4 heterocycles. The Labute approximate surface area is 181 Å².